The summed E-state index contributed by atoms with van der Waals surface area (Å²) >= 11 is 0. The number of nitrogens with zero attached hydrogens (tertiary/aromatic N) is 3. The summed E-state index contributed by atoms with van der Waals surface area (Å²) in [4.78, 5) is 4.63. The Bertz CT molecular complexity index is 1580. The molecule has 3 nitrogen and oxygen atoms in total. The highest BCUT2D eigenvalue weighted by molar-refractivity contribution is 6.24. The zero-order valence-corrected chi connectivity index (χ0v) is 16.4. The average molecular weight is 385 g/mol. The second kappa shape index (κ2) is 5.77. The van der Waals surface area contributed by atoms with Gasteiger partial charge in [0.2, 0.25) is 0 Å². The van der Waals surface area contributed by atoms with Crippen LogP contribution >= 0.6 is 0 Å². The van der Waals surface area contributed by atoms with E-state index in [1.54, 1.807) is 0 Å². The summed E-state index contributed by atoms with van der Waals surface area (Å²) < 4.78 is 2.46. The number of para-hydroxylation sites is 4. The third kappa shape index (κ3) is 1.99. The van der Waals surface area contributed by atoms with E-state index in [2.05, 4.69) is 118 Å². The second-order valence-electron chi connectivity index (χ2n) is 7.94. The van der Waals surface area contributed by atoms with Gasteiger partial charge in [0.1, 0.15) is 0 Å². The Hall–Kier alpha value is -3.98. The van der Waals surface area contributed by atoms with E-state index < -0.39 is 0 Å². The normalized spacial score (nSPS) is 14.3. The first-order chi connectivity index (χ1) is 14.9. The molecule has 0 N–H and O–H groups in total. The lowest BCUT2D eigenvalue weighted by molar-refractivity contribution is 0.977. The Morgan fingerprint density at radius 3 is 2.00 bits per heavy atom. The molecule has 1 aliphatic heterocycles. The molecule has 142 valence electrons. The molecule has 0 saturated carbocycles. The van der Waals surface area contributed by atoms with Crippen molar-refractivity contribution in [1.29, 1.82) is 0 Å². The fourth-order valence-corrected chi connectivity index (χ4v) is 5.05. The molecule has 30 heavy (non-hydrogen) atoms. The van der Waals surface area contributed by atoms with Crippen LogP contribution in [0.25, 0.3) is 38.1 Å². The summed E-state index contributed by atoms with van der Waals surface area (Å²) in [7, 11) is 0. The topological polar surface area (TPSA) is 10.9 Å². The summed E-state index contributed by atoms with van der Waals surface area (Å²) in [5, 5.41) is 5.28. The van der Waals surface area contributed by atoms with Crippen LogP contribution in [0, 0.1) is 0 Å². The van der Waals surface area contributed by atoms with E-state index >= 15 is 0 Å². The zero-order valence-electron chi connectivity index (χ0n) is 16.4. The minimum atomic E-state index is 0.805. The van der Waals surface area contributed by atoms with Crippen LogP contribution in [0.5, 0.6) is 0 Å². The van der Waals surface area contributed by atoms with Gasteiger partial charge in [-0.05, 0) is 24.3 Å². The molecule has 0 radical (unpaired) electrons. The van der Waals surface area contributed by atoms with Crippen molar-refractivity contribution in [3.63, 3.8) is 0 Å². The average Bonchev–Trinajstić information content (AvgIpc) is 3.51. The van der Waals surface area contributed by atoms with Crippen LogP contribution < -0.4 is 9.80 Å². The van der Waals surface area contributed by atoms with Gasteiger partial charge in [0.05, 0.1) is 28.9 Å². The van der Waals surface area contributed by atoms with E-state index in [-0.39, 0.29) is 0 Å². The molecule has 4 aromatic carbocycles. The van der Waals surface area contributed by atoms with E-state index in [1.807, 2.05) is 0 Å². The van der Waals surface area contributed by atoms with Crippen LogP contribution in [-0.4, -0.2) is 11.1 Å². The molecule has 6 aromatic rings. The van der Waals surface area contributed by atoms with E-state index in [4.69, 9.17) is 0 Å². The maximum atomic E-state index is 2.46. The zero-order chi connectivity index (χ0) is 19.7. The fourth-order valence-electron chi connectivity index (χ4n) is 5.05. The third-order valence-corrected chi connectivity index (χ3v) is 6.35. The van der Waals surface area contributed by atoms with Crippen molar-refractivity contribution < 1.29 is 0 Å². The van der Waals surface area contributed by atoms with Crippen molar-refractivity contribution in [1.82, 2.24) is 4.40 Å². The van der Waals surface area contributed by atoms with Crippen LogP contribution in [0.15, 0.2) is 103 Å². The Kier molecular flexibility index (Phi) is 3.06. The molecule has 1 aliphatic rings. The highest BCUT2D eigenvalue weighted by Crippen LogP contribution is 2.42. The lowest BCUT2D eigenvalue weighted by atomic mass is 10.1. The van der Waals surface area contributed by atoms with Crippen molar-refractivity contribution in [3.8, 4) is 0 Å². The van der Waals surface area contributed by atoms with Crippen LogP contribution in [0.1, 0.15) is 0 Å². The predicted octanol–water partition coefficient (Wildman–Crippen LogP) is 6.59. The molecular formula is C27H19N3. The first kappa shape index (κ1) is 15.9. The standard InChI is InChI=1S/C27H19N3/c1-2-8-19(9-3-1)28-16-17-29(18-28)25-15-7-13-23-22-12-6-11-21-20-10-4-5-14-24(20)30(26(21)22)27(23)25/h1-17H,18H2. The number of fused-ring (bicyclic) bond motifs is 6. The Balaban J connectivity index is 1.50. The molecular weight excluding hydrogens is 366 g/mol. The van der Waals surface area contributed by atoms with Gasteiger partial charge < -0.3 is 14.2 Å². The Morgan fingerprint density at radius 1 is 0.500 bits per heavy atom. The van der Waals surface area contributed by atoms with Gasteiger partial charge in [-0.3, -0.25) is 0 Å². The highest BCUT2D eigenvalue weighted by atomic mass is 15.3. The van der Waals surface area contributed by atoms with E-state index in [0.29, 0.717) is 0 Å². The lowest BCUT2D eigenvalue weighted by Gasteiger charge is -2.22. The first-order valence-electron chi connectivity index (χ1n) is 10.3. The monoisotopic (exact) mass is 385 g/mol. The van der Waals surface area contributed by atoms with Crippen molar-refractivity contribution in [2.24, 2.45) is 0 Å². The number of hydrogen-bond acceptors (Lipinski definition) is 2. The van der Waals surface area contributed by atoms with Gasteiger partial charge >= 0.3 is 0 Å². The number of benzene rings is 4. The smallest absolute Gasteiger partial charge is 0.0990 e. The number of hydrogen-bond donors (Lipinski definition) is 0. The molecule has 0 fully saturated rings. The van der Waals surface area contributed by atoms with E-state index in [9.17, 15) is 0 Å². The predicted molar refractivity (Wildman–Crippen MR) is 127 cm³/mol. The van der Waals surface area contributed by atoms with Crippen LogP contribution in [0.2, 0.25) is 0 Å². The van der Waals surface area contributed by atoms with Gasteiger partial charge in [-0.25, -0.2) is 0 Å². The molecule has 0 unspecified atom stereocenters. The fraction of sp³-hybridized carbons (Fsp3) is 0.0370. The molecule has 0 atom stereocenters. The first-order valence-corrected chi connectivity index (χ1v) is 10.3. The molecule has 3 heteroatoms. The van der Waals surface area contributed by atoms with Crippen LogP contribution in [0.3, 0.4) is 0 Å². The number of aromatic nitrogens is 1. The summed E-state index contributed by atoms with van der Waals surface area (Å²) in [6.45, 7) is 0.805. The molecule has 0 spiro atoms. The maximum absolute atomic E-state index is 2.46. The summed E-state index contributed by atoms with van der Waals surface area (Å²) in [5.41, 5.74) is 6.32. The van der Waals surface area contributed by atoms with Crippen LogP contribution in [0.4, 0.5) is 11.4 Å². The quantitative estimate of drug-likeness (QED) is 0.333. The van der Waals surface area contributed by atoms with E-state index in [0.717, 1.165) is 6.67 Å². The van der Waals surface area contributed by atoms with Crippen molar-refractivity contribution in [2.75, 3.05) is 16.5 Å². The second-order valence-corrected chi connectivity index (χ2v) is 7.94. The largest absolute Gasteiger partial charge is 0.328 e. The molecule has 7 rings (SSSR count). The lowest BCUT2D eigenvalue weighted by Crippen LogP contribution is -2.24. The van der Waals surface area contributed by atoms with Gasteiger partial charge in [0.25, 0.3) is 0 Å². The molecule has 0 saturated heterocycles. The van der Waals surface area contributed by atoms with Crippen molar-refractivity contribution in [3.05, 3.63) is 103 Å². The van der Waals surface area contributed by atoms with Gasteiger partial charge in [0, 0.05) is 39.6 Å². The molecule has 2 aromatic heterocycles. The minimum absolute atomic E-state index is 0.805. The van der Waals surface area contributed by atoms with Crippen LogP contribution in [-0.2, 0) is 0 Å². The summed E-state index contributed by atoms with van der Waals surface area (Å²) in [6, 6.07) is 32.6. The van der Waals surface area contributed by atoms with Gasteiger partial charge in [0.15, 0.2) is 0 Å². The van der Waals surface area contributed by atoms with Gasteiger partial charge in [-0.15, -0.1) is 0 Å². The maximum Gasteiger partial charge on any atom is 0.0990 e. The molecule has 3 heterocycles. The van der Waals surface area contributed by atoms with Gasteiger partial charge in [-0.1, -0.05) is 66.7 Å². The van der Waals surface area contributed by atoms with E-state index in [1.165, 1.54) is 49.5 Å². The molecule has 0 aliphatic carbocycles. The third-order valence-electron chi connectivity index (χ3n) is 6.35. The minimum Gasteiger partial charge on any atom is -0.328 e. The number of rotatable bonds is 2. The number of anilines is 2. The van der Waals surface area contributed by atoms with Crippen molar-refractivity contribution >= 4 is 49.5 Å². The van der Waals surface area contributed by atoms with Crippen molar-refractivity contribution in [2.45, 2.75) is 0 Å². The SMILES string of the molecule is C1=CN(c2cccc3c4cccc5c6ccccc6n(c23)c54)CN1c1ccccc1. The Labute approximate surface area is 174 Å². The molecule has 0 amide bonds. The summed E-state index contributed by atoms with van der Waals surface area (Å²) in [5.74, 6) is 0. The highest BCUT2D eigenvalue weighted by Gasteiger charge is 2.22. The molecule has 0 bridgehead atoms. The van der Waals surface area contributed by atoms with Gasteiger partial charge in [-0.2, -0.15) is 0 Å². The Morgan fingerprint density at radius 2 is 1.13 bits per heavy atom. The summed E-state index contributed by atoms with van der Waals surface area (Å²) in [6.07, 6.45) is 4.36.